The van der Waals surface area contributed by atoms with E-state index >= 15 is 0 Å². The maximum atomic E-state index is 13.4. The van der Waals surface area contributed by atoms with Crippen molar-refractivity contribution >= 4 is 23.3 Å². The molecule has 0 bridgehead atoms. The van der Waals surface area contributed by atoms with Gasteiger partial charge in [0.2, 0.25) is 0 Å². The van der Waals surface area contributed by atoms with Crippen LogP contribution in [-0.2, 0) is 16.8 Å². The van der Waals surface area contributed by atoms with Crippen molar-refractivity contribution in [2.75, 3.05) is 13.2 Å². The molecule has 2 aromatic carbocycles. The first kappa shape index (κ1) is 19.0. The number of benzene rings is 2. The first-order chi connectivity index (χ1) is 14.6. The highest BCUT2D eigenvalue weighted by Crippen LogP contribution is 2.38. The molecule has 30 heavy (non-hydrogen) atoms. The Morgan fingerprint density at radius 2 is 1.73 bits per heavy atom. The number of carbonyl (C=O) groups is 2. The number of rotatable bonds is 4. The molecule has 5 rings (SSSR count). The van der Waals surface area contributed by atoms with Crippen molar-refractivity contribution in [3.63, 3.8) is 0 Å². The molecule has 0 unspecified atom stereocenters. The van der Waals surface area contributed by atoms with Crippen LogP contribution in [0.4, 0.5) is 4.79 Å². The van der Waals surface area contributed by atoms with Gasteiger partial charge in [0.25, 0.3) is 5.91 Å². The summed E-state index contributed by atoms with van der Waals surface area (Å²) in [5.74, 6) is -0.207. The number of carbonyl (C=O) groups excluding carboxylic acids is 2. The topological polar surface area (TPSA) is 52.7 Å². The average Bonchev–Trinajstić information content (AvgIpc) is 3.34. The van der Waals surface area contributed by atoms with Crippen LogP contribution in [0, 0.1) is 0 Å². The lowest BCUT2D eigenvalue weighted by molar-refractivity contribution is -0.132. The van der Waals surface area contributed by atoms with E-state index in [2.05, 4.69) is 33.8 Å². The smallest absolute Gasteiger partial charge is 0.319 e. The van der Waals surface area contributed by atoms with Gasteiger partial charge in [-0.05, 0) is 41.5 Å². The molecule has 1 fully saturated rings. The molecule has 2 atom stereocenters. The summed E-state index contributed by atoms with van der Waals surface area (Å²) in [6.07, 6.45) is 0.927. The zero-order chi connectivity index (χ0) is 20.7. The zero-order valence-corrected chi connectivity index (χ0v) is 17.6. The van der Waals surface area contributed by atoms with Gasteiger partial charge in [-0.3, -0.25) is 9.69 Å². The van der Waals surface area contributed by atoms with E-state index in [0.717, 1.165) is 18.5 Å². The third-order valence-electron chi connectivity index (χ3n) is 6.13. The van der Waals surface area contributed by atoms with Crippen LogP contribution in [-0.4, -0.2) is 35.0 Å². The molecule has 3 heterocycles. The van der Waals surface area contributed by atoms with Gasteiger partial charge in [0, 0.05) is 11.4 Å². The first-order valence-corrected chi connectivity index (χ1v) is 11.0. The monoisotopic (exact) mass is 417 g/mol. The maximum absolute atomic E-state index is 13.4. The molecule has 1 N–H and O–H groups in total. The molecule has 6 heteroatoms. The van der Waals surface area contributed by atoms with Crippen molar-refractivity contribution in [3.05, 3.63) is 93.7 Å². The summed E-state index contributed by atoms with van der Waals surface area (Å²) in [7, 11) is 0. The van der Waals surface area contributed by atoms with Gasteiger partial charge in [0.05, 0.1) is 12.7 Å². The van der Waals surface area contributed by atoms with E-state index in [4.69, 9.17) is 0 Å². The Labute approximate surface area is 179 Å². The Bertz CT molecular complexity index is 1080. The zero-order valence-electron chi connectivity index (χ0n) is 16.7. The van der Waals surface area contributed by atoms with Crippen LogP contribution >= 0.6 is 11.3 Å². The van der Waals surface area contributed by atoms with Gasteiger partial charge < -0.3 is 5.32 Å². The van der Waals surface area contributed by atoms with Crippen LogP contribution in [0.25, 0.3) is 0 Å². The van der Waals surface area contributed by atoms with E-state index in [-0.39, 0.29) is 24.6 Å². The van der Waals surface area contributed by atoms with Gasteiger partial charge >= 0.3 is 6.03 Å². The Kier molecular flexibility index (Phi) is 4.68. The standard InChI is InChI=1S/C24H23N3O2S/c1-24(18-10-6-3-7-11-18)22(28)27(23(29)25-24)16-26-14-12-20-19(13-15-30-20)21(26)17-8-4-2-5-9-17/h2-11,13,15,21H,12,14,16H2,1H3,(H,25,29)/t21-,24+/m0/s1. The van der Waals surface area contributed by atoms with E-state index < -0.39 is 5.54 Å². The number of nitrogens with zero attached hydrogens (tertiary/aromatic N) is 2. The molecular formula is C24H23N3O2S. The van der Waals surface area contributed by atoms with E-state index in [1.807, 2.05) is 48.5 Å². The Morgan fingerprint density at radius 3 is 2.47 bits per heavy atom. The Balaban J connectivity index is 1.46. The summed E-state index contributed by atoms with van der Waals surface area (Å²) in [5, 5.41) is 5.05. The summed E-state index contributed by atoms with van der Waals surface area (Å²) in [5.41, 5.74) is 2.21. The molecule has 0 spiro atoms. The van der Waals surface area contributed by atoms with Crippen LogP contribution in [0.3, 0.4) is 0 Å². The summed E-state index contributed by atoms with van der Waals surface area (Å²) >= 11 is 1.78. The largest absolute Gasteiger partial charge is 0.326 e. The fraction of sp³-hybridized carbons (Fsp3) is 0.250. The molecule has 152 valence electrons. The van der Waals surface area contributed by atoms with Crippen molar-refractivity contribution in [2.24, 2.45) is 0 Å². The average molecular weight is 418 g/mol. The van der Waals surface area contributed by atoms with Gasteiger partial charge in [-0.25, -0.2) is 9.69 Å². The molecule has 0 aliphatic carbocycles. The lowest BCUT2D eigenvalue weighted by Crippen LogP contribution is -2.47. The van der Waals surface area contributed by atoms with Gasteiger partial charge in [-0.1, -0.05) is 60.7 Å². The van der Waals surface area contributed by atoms with Crippen molar-refractivity contribution in [2.45, 2.75) is 24.9 Å². The van der Waals surface area contributed by atoms with Crippen LogP contribution in [0.5, 0.6) is 0 Å². The molecule has 5 nitrogen and oxygen atoms in total. The second-order valence-electron chi connectivity index (χ2n) is 7.97. The van der Waals surface area contributed by atoms with Crippen LogP contribution in [0.2, 0.25) is 0 Å². The fourth-order valence-corrected chi connectivity index (χ4v) is 5.42. The number of urea groups is 1. The quantitative estimate of drug-likeness (QED) is 0.650. The van der Waals surface area contributed by atoms with Crippen LogP contribution in [0.1, 0.15) is 34.5 Å². The molecule has 3 aromatic rings. The summed E-state index contributed by atoms with van der Waals surface area (Å²) in [6, 6.07) is 21.6. The van der Waals surface area contributed by atoms with Crippen molar-refractivity contribution in [3.8, 4) is 0 Å². The van der Waals surface area contributed by atoms with Gasteiger partial charge in [0.1, 0.15) is 5.54 Å². The molecule has 3 amide bonds. The fourth-order valence-electron chi connectivity index (χ4n) is 4.52. The molecular weight excluding hydrogens is 394 g/mol. The predicted octanol–water partition coefficient (Wildman–Crippen LogP) is 4.12. The van der Waals surface area contributed by atoms with Gasteiger partial charge in [0.15, 0.2) is 0 Å². The summed E-state index contributed by atoms with van der Waals surface area (Å²) in [6.45, 7) is 2.85. The minimum absolute atomic E-state index is 0.0328. The molecule has 0 saturated carbocycles. The third-order valence-corrected chi connectivity index (χ3v) is 7.13. The van der Waals surface area contributed by atoms with Crippen LogP contribution in [0.15, 0.2) is 72.1 Å². The van der Waals surface area contributed by atoms with E-state index in [0.29, 0.717) is 0 Å². The first-order valence-electron chi connectivity index (χ1n) is 10.1. The third kappa shape index (κ3) is 3.04. The summed E-state index contributed by atoms with van der Waals surface area (Å²) in [4.78, 5) is 31.2. The normalized spacial score (nSPS) is 24.0. The minimum Gasteiger partial charge on any atom is -0.319 e. The second-order valence-corrected chi connectivity index (χ2v) is 8.97. The van der Waals surface area contributed by atoms with E-state index in [1.54, 1.807) is 18.3 Å². The van der Waals surface area contributed by atoms with E-state index in [9.17, 15) is 9.59 Å². The second kappa shape index (κ2) is 7.38. The highest BCUT2D eigenvalue weighted by Gasteiger charge is 2.49. The number of thiophene rings is 1. The molecule has 2 aliphatic heterocycles. The number of imide groups is 1. The lowest BCUT2D eigenvalue weighted by Gasteiger charge is -2.37. The number of amides is 3. The van der Waals surface area contributed by atoms with E-state index in [1.165, 1.54) is 20.9 Å². The number of hydrogen-bond acceptors (Lipinski definition) is 4. The Morgan fingerprint density at radius 1 is 1.03 bits per heavy atom. The van der Waals surface area contributed by atoms with Gasteiger partial charge in [-0.15, -0.1) is 11.3 Å². The number of nitrogens with one attached hydrogen (secondary N) is 1. The molecule has 1 aromatic heterocycles. The van der Waals surface area contributed by atoms with Crippen molar-refractivity contribution in [1.82, 2.24) is 15.1 Å². The lowest BCUT2D eigenvalue weighted by atomic mass is 9.92. The highest BCUT2D eigenvalue weighted by molar-refractivity contribution is 7.10. The van der Waals surface area contributed by atoms with Gasteiger partial charge in [-0.2, -0.15) is 0 Å². The van der Waals surface area contributed by atoms with Crippen LogP contribution < -0.4 is 5.32 Å². The maximum Gasteiger partial charge on any atom is 0.326 e. The Hall–Kier alpha value is -2.96. The van der Waals surface area contributed by atoms with Crippen molar-refractivity contribution < 1.29 is 9.59 Å². The SMILES string of the molecule is C[C@]1(c2ccccc2)NC(=O)N(CN2CCc3sccc3[C@@H]2c2ccccc2)C1=O. The molecule has 2 aliphatic rings. The minimum atomic E-state index is -1.04. The summed E-state index contributed by atoms with van der Waals surface area (Å²) < 4.78 is 0. The van der Waals surface area contributed by atoms with Crippen molar-refractivity contribution in [1.29, 1.82) is 0 Å². The molecule has 1 saturated heterocycles. The molecule has 0 radical (unpaired) electrons. The predicted molar refractivity (Wildman–Crippen MR) is 117 cm³/mol. The number of fused-ring (bicyclic) bond motifs is 1. The highest BCUT2D eigenvalue weighted by atomic mass is 32.1. The number of hydrogen-bond donors (Lipinski definition) is 1.